The smallest absolute Gasteiger partial charge is 0.351 e. The minimum Gasteiger partial charge on any atom is -0.351 e. The molecule has 0 aliphatic rings. The largest absolute Gasteiger partial charge is 0.416 e. The maximum Gasteiger partial charge on any atom is 0.416 e. The zero-order chi connectivity index (χ0) is 17.8. The number of hydrogen-bond donors (Lipinski definition) is 2. The summed E-state index contributed by atoms with van der Waals surface area (Å²) in [6.07, 6.45) is -4.46. The minimum absolute atomic E-state index is 0.00443. The molecular formula is C14H13F3N2O3S2. The first-order valence-corrected chi connectivity index (χ1v) is 9.05. The number of carbonyl (C=O) groups is 1. The normalized spacial score (nSPS) is 12.1. The van der Waals surface area contributed by atoms with Crippen LogP contribution in [-0.4, -0.2) is 27.4 Å². The third kappa shape index (κ3) is 4.79. The molecule has 0 saturated carbocycles. The van der Waals surface area contributed by atoms with E-state index in [0.29, 0.717) is 0 Å². The third-order valence-corrected chi connectivity index (χ3v) is 5.80. The van der Waals surface area contributed by atoms with Gasteiger partial charge in [0, 0.05) is 18.7 Å². The number of rotatable bonds is 6. The van der Waals surface area contributed by atoms with E-state index in [1.807, 2.05) is 0 Å². The van der Waals surface area contributed by atoms with Gasteiger partial charge in [-0.05, 0) is 35.7 Å². The zero-order valence-corrected chi connectivity index (χ0v) is 13.8. The standard InChI is InChI=1S/C14H13F3N2O3S2/c15-14(16,17)11-5-3-10(4-6-11)13(20)18-7-8-19-24(21,22)12-2-1-9-23-12/h1-6,9,19H,7-8H2,(H,18,20). The van der Waals surface area contributed by atoms with Crippen molar-refractivity contribution in [3.8, 4) is 0 Å². The van der Waals surface area contributed by atoms with Crippen molar-refractivity contribution in [3.05, 3.63) is 52.9 Å². The molecule has 0 atom stereocenters. The first kappa shape index (κ1) is 18.4. The van der Waals surface area contributed by atoms with Gasteiger partial charge in [-0.15, -0.1) is 11.3 Å². The average Bonchev–Trinajstić information content (AvgIpc) is 3.06. The Morgan fingerprint density at radius 1 is 1.08 bits per heavy atom. The molecule has 0 unspecified atom stereocenters. The molecule has 1 heterocycles. The number of hydrogen-bond acceptors (Lipinski definition) is 4. The SMILES string of the molecule is O=C(NCCNS(=O)(=O)c1cccs1)c1ccc(C(F)(F)F)cc1. The van der Waals surface area contributed by atoms with Gasteiger partial charge in [-0.25, -0.2) is 13.1 Å². The molecule has 0 fully saturated rings. The monoisotopic (exact) mass is 378 g/mol. The zero-order valence-electron chi connectivity index (χ0n) is 12.1. The van der Waals surface area contributed by atoms with Gasteiger partial charge in [-0.3, -0.25) is 4.79 Å². The van der Waals surface area contributed by atoms with Crippen LogP contribution in [0, 0.1) is 0 Å². The number of thiophene rings is 1. The van der Waals surface area contributed by atoms with Crippen molar-refractivity contribution >= 4 is 27.3 Å². The summed E-state index contributed by atoms with van der Waals surface area (Å²) in [6.45, 7) is -0.0307. The van der Waals surface area contributed by atoms with E-state index < -0.39 is 27.7 Å². The van der Waals surface area contributed by atoms with E-state index in [-0.39, 0.29) is 22.9 Å². The molecule has 1 aromatic carbocycles. The van der Waals surface area contributed by atoms with Gasteiger partial charge in [0.1, 0.15) is 4.21 Å². The molecule has 10 heteroatoms. The van der Waals surface area contributed by atoms with Crippen LogP contribution >= 0.6 is 11.3 Å². The highest BCUT2D eigenvalue weighted by Gasteiger charge is 2.30. The fourth-order valence-electron chi connectivity index (χ4n) is 1.76. The Bertz CT molecular complexity index is 786. The van der Waals surface area contributed by atoms with E-state index in [9.17, 15) is 26.4 Å². The first-order chi connectivity index (χ1) is 11.2. The quantitative estimate of drug-likeness (QED) is 0.759. The van der Waals surface area contributed by atoms with Crippen molar-refractivity contribution < 1.29 is 26.4 Å². The van der Waals surface area contributed by atoms with E-state index in [2.05, 4.69) is 10.0 Å². The van der Waals surface area contributed by atoms with Crippen LogP contribution in [0.5, 0.6) is 0 Å². The minimum atomic E-state index is -4.46. The highest BCUT2D eigenvalue weighted by molar-refractivity contribution is 7.91. The van der Waals surface area contributed by atoms with E-state index >= 15 is 0 Å². The summed E-state index contributed by atoms with van der Waals surface area (Å²) in [5, 5.41) is 4.06. The topological polar surface area (TPSA) is 75.3 Å². The number of nitrogens with one attached hydrogen (secondary N) is 2. The van der Waals surface area contributed by atoms with Crippen LogP contribution in [0.3, 0.4) is 0 Å². The maximum absolute atomic E-state index is 12.4. The lowest BCUT2D eigenvalue weighted by Crippen LogP contribution is -2.34. The molecule has 0 radical (unpaired) electrons. The van der Waals surface area contributed by atoms with Crippen molar-refractivity contribution in [3.63, 3.8) is 0 Å². The second-order valence-corrected chi connectivity index (χ2v) is 7.60. The van der Waals surface area contributed by atoms with Gasteiger partial charge in [0.2, 0.25) is 10.0 Å². The maximum atomic E-state index is 12.4. The van der Waals surface area contributed by atoms with Crippen LogP contribution < -0.4 is 10.0 Å². The Morgan fingerprint density at radius 2 is 1.75 bits per heavy atom. The molecule has 0 spiro atoms. The van der Waals surface area contributed by atoms with Crippen LogP contribution in [0.1, 0.15) is 15.9 Å². The molecule has 0 bridgehead atoms. The van der Waals surface area contributed by atoms with Crippen molar-refractivity contribution in [2.24, 2.45) is 0 Å². The summed E-state index contributed by atoms with van der Waals surface area (Å²) in [7, 11) is -3.61. The molecule has 2 rings (SSSR count). The Morgan fingerprint density at radius 3 is 2.29 bits per heavy atom. The summed E-state index contributed by atoms with van der Waals surface area (Å²) in [5.74, 6) is -0.584. The summed E-state index contributed by atoms with van der Waals surface area (Å²) < 4.78 is 63.4. The van der Waals surface area contributed by atoms with Gasteiger partial charge in [0.25, 0.3) is 5.91 Å². The van der Waals surface area contributed by atoms with Crippen LogP contribution in [0.15, 0.2) is 46.0 Å². The molecule has 2 N–H and O–H groups in total. The molecule has 24 heavy (non-hydrogen) atoms. The predicted molar refractivity (Wildman–Crippen MR) is 83.3 cm³/mol. The van der Waals surface area contributed by atoms with Crippen LogP contribution in [0.25, 0.3) is 0 Å². The number of amides is 1. The predicted octanol–water partition coefficient (Wildman–Crippen LogP) is 2.48. The van der Waals surface area contributed by atoms with E-state index in [4.69, 9.17) is 0 Å². The molecule has 0 aliphatic carbocycles. The van der Waals surface area contributed by atoms with Gasteiger partial charge < -0.3 is 5.32 Å². The molecule has 5 nitrogen and oxygen atoms in total. The number of carbonyl (C=O) groups excluding carboxylic acids is 1. The number of alkyl halides is 3. The van der Waals surface area contributed by atoms with Gasteiger partial charge in [-0.1, -0.05) is 6.07 Å². The molecule has 0 saturated heterocycles. The van der Waals surface area contributed by atoms with Crippen LogP contribution in [0.4, 0.5) is 13.2 Å². The van der Waals surface area contributed by atoms with Crippen molar-refractivity contribution in [1.82, 2.24) is 10.0 Å². The van der Waals surface area contributed by atoms with Gasteiger partial charge in [0.15, 0.2) is 0 Å². The lowest BCUT2D eigenvalue weighted by Gasteiger charge is -2.09. The lowest BCUT2D eigenvalue weighted by molar-refractivity contribution is -0.137. The Labute approximate surface area is 140 Å². The molecule has 1 aromatic heterocycles. The second-order valence-electron chi connectivity index (χ2n) is 4.66. The Hall–Kier alpha value is -1.91. The first-order valence-electron chi connectivity index (χ1n) is 6.69. The second kappa shape index (κ2) is 7.32. The van der Waals surface area contributed by atoms with Gasteiger partial charge in [0.05, 0.1) is 5.56 Å². The fraction of sp³-hybridized carbons (Fsp3) is 0.214. The van der Waals surface area contributed by atoms with Gasteiger partial charge >= 0.3 is 6.18 Å². The van der Waals surface area contributed by atoms with Crippen molar-refractivity contribution in [1.29, 1.82) is 0 Å². The Balaban J connectivity index is 1.83. The highest BCUT2D eigenvalue weighted by Crippen LogP contribution is 2.29. The summed E-state index contributed by atoms with van der Waals surface area (Å²) in [4.78, 5) is 11.8. The number of halogens is 3. The van der Waals surface area contributed by atoms with Crippen molar-refractivity contribution in [2.75, 3.05) is 13.1 Å². The molecule has 0 aliphatic heterocycles. The lowest BCUT2D eigenvalue weighted by atomic mass is 10.1. The van der Waals surface area contributed by atoms with E-state index in [1.165, 1.54) is 6.07 Å². The van der Waals surface area contributed by atoms with E-state index in [1.54, 1.807) is 11.4 Å². The summed E-state index contributed by atoms with van der Waals surface area (Å²) >= 11 is 1.06. The third-order valence-electron chi connectivity index (χ3n) is 2.94. The van der Waals surface area contributed by atoms with Gasteiger partial charge in [-0.2, -0.15) is 13.2 Å². The Kier molecular flexibility index (Phi) is 5.62. The molecule has 1 amide bonds. The highest BCUT2D eigenvalue weighted by atomic mass is 32.2. The van der Waals surface area contributed by atoms with Crippen LogP contribution in [-0.2, 0) is 16.2 Å². The molecular weight excluding hydrogens is 365 g/mol. The molecule has 130 valence electrons. The average molecular weight is 378 g/mol. The molecule has 2 aromatic rings. The van der Waals surface area contributed by atoms with Crippen molar-refractivity contribution in [2.45, 2.75) is 10.4 Å². The number of sulfonamides is 1. The fourth-order valence-corrected chi connectivity index (χ4v) is 3.83. The summed E-state index contributed by atoms with van der Waals surface area (Å²) in [6, 6.07) is 6.81. The number of benzene rings is 1. The summed E-state index contributed by atoms with van der Waals surface area (Å²) in [5.41, 5.74) is -0.785. The van der Waals surface area contributed by atoms with Crippen LogP contribution in [0.2, 0.25) is 0 Å². The van der Waals surface area contributed by atoms with E-state index in [0.717, 1.165) is 35.6 Å².